The molecule has 5 heteroatoms. The van der Waals surface area contributed by atoms with E-state index in [0.29, 0.717) is 10.8 Å². The molecule has 0 spiro atoms. The molecule has 1 aromatic heterocycles. The van der Waals surface area contributed by atoms with Crippen LogP contribution in [0, 0.1) is 0 Å². The summed E-state index contributed by atoms with van der Waals surface area (Å²) in [6.45, 7) is 0. The van der Waals surface area contributed by atoms with Gasteiger partial charge in [-0.1, -0.05) is 41.9 Å². The first-order valence-corrected chi connectivity index (χ1v) is 7.19. The molecule has 0 amide bonds. The second-order valence-electron chi connectivity index (χ2n) is 4.30. The number of halogens is 2. The topological polar surface area (TPSA) is 43.8 Å². The molecule has 2 N–H and O–H groups in total. The molecule has 0 aliphatic heterocycles. The molecule has 1 heterocycles. The molecular formula is C15H11BrClN3. The van der Waals surface area contributed by atoms with Crippen molar-refractivity contribution in [3.05, 3.63) is 64.1 Å². The number of benzene rings is 2. The lowest BCUT2D eigenvalue weighted by molar-refractivity contribution is 0.895. The number of hydrogen-bond donors (Lipinski definition) is 1. The van der Waals surface area contributed by atoms with E-state index in [-0.39, 0.29) is 0 Å². The van der Waals surface area contributed by atoms with Crippen molar-refractivity contribution in [1.29, 1.82) is 0 Å². The SMILES string of the molecule is Nc1cc(-c2cccc(Br)c2Cl)nn1-c1ccccc1. The normalized spacial score (nSPS) is 10.7. The monoisotopic (exact) mass is 347 g/mol. The van der Waals surface area contributed by atoms with Crippen molar-refractivity contribution < 1.29 is 0 Å². The number of nitrogens with zero attached hydrogens (tertiary/aromatic N) is 2. The maximum Gasteiger partial charge on any atom is 0.127 e. The first-order valence-electron chi connectivity index (χ1n) is 6.02. The second kappa shape index (κ2) is 5.31. The van der Waals surface area contributed by atoms with Crippen molar-refractivity contribution in [2.24, 2.45) is 0 Å². The van der Waals surface area contributed by atoms with E-state index in [1.54, 1.807) is 4.68 Å². The minimum atomic E-state index is 0.572. The maximum absolute atomic E-state index is 6.30. The van der Waals surface area contributed by atoms with Gasteiger partial charge in [-0.05, 0) is 34.1 Å². The van der Waals surface area contributed by atoms with Gasteiger partial charge in [-0.3, -0.25) is 0 Å². The van der Waals surface area contributed by atoms with E-state index in [2.05, 4.69) is 21.0 Å². The van der Waals surface area contributed by atoms with E-state index in [9.17, 15) is 0 Å². The van der Waals surface area contributed by atoms with Gasteiger partial charge in [0.2, 0.25) is 0 Å². The molecule has 3 rings (SSSR count). The summed E-state index contributed by atoms with van der Waals surface area (Å²) >= 11 is 9.71. The van der Waals surface area contributed by atoms with Gasteiger partial charge in [0.05, 0.1) is 16.4 Å². The summed E-state index contributed by atoms with van der Waals surface area (Å²) in [4.78, 5) is 0. The summed E-state index contributed by atoms with van der Waals surface area (Å²) in [6.07, 6.45) is 0. The van der Waals surface area contributed by atoms with Crippen molar-refractivity contribution in [1.82, 2.24) is 9.78 Å². The van der Waals surface area contributed by atoms with Crippen LogP contribution in [0.1, 0.15) is 0 Å². The van der Waals surface area contributed by atoms with Crippen LogP contribution in [0.2, 0.25) is 5.02 Å². The average molecular weight is 349 g/mol. The van der Waals surface area contributed by atoms with Crippen LogP contribution in [0.25, 0.3) is 16.9 Å². The molecule has 0 aliphatic carbocycles. The molecular weight excluding hydrogens is 338 g/mol. The van der Waals surface area contributed by atoms with E-state index in [1.807, 2.05) is 54.6 Å². The van der Waals surface area contributed by atoms with Gasteiger partial charge in [-0.2, -0.15) is 5.10 Å². The number of aromatic nitrogens is 2. The highest BCUT2D eigenvalue weighted by Gasteiger charge is 2.12. The molecule has 3 nitrogen and oxygen atoms in total. The summed E-state index contributed by atoms with van der Waals surface area (Å²) < 4.78 is 2.54. The Morgan fingerprint density at radius 1 is 1.05 bits per heavy atom. The fourth-order valence-electron chi connectivity index (χ4n) is 2.00. The Hall–Kier alpha value is -1.78. The fraction of sp³-hybridized carbons (Fsp3) is 0. The van der Waals surface area contributed by atoms with Gasteiger partial charge < -0.3 is 5.73 Å². The highest BCUT2D eigenvalue weighted by Crippen LogP contribution is 2.34. The van der Waals surface area contributed by atoms with Gasteiger partial charge >= 0.3 is 0 Å². The van der Waals surface area contributed by atoms with E-state index in [1.165, 1.54) is 0 Å². The number of para-hydroxylation sites is 1. The Labute approximate surface area is 130 Å². The van der Waals surface area contributed by atoms with Gasteiger partial charge in [-0.25, -0.2) is 4.68 Å². The number of anilines is 1. The summed E-state index contributed by atoms with van der Waals surface area (Å²) in [6, 6.07) is 17.3. The van der Waals surface area contributed by atoms with E-state index in [4.69, 9.17) is 17.3 Å². The summed E-state index contributed by atoms with van der Waals surface area (Å²) in [5.41, 5.74) is 8.56. The predicted octanol–water partition coefficient (Wildman–Crippen LogP) is 4.54. The number of nitrogen functional groups attached to an aromatic ring is 1. The Morgan fingerprint density at radius 3 is 2.55 bits per heavy atom. The Balaban J connectivity index is 2.12. The van der Waals surface area contributed by atoms with Gasteiger partial charge in [0.1, 0.15) is 5.82 Å². The smallest absolute Gasteiger partial charge is 0.127 e. The highest BCUT2D eigenvalue weighted by molar-refractivity contribution is 9.10. The Kier molecular flexibility index (Phi) is 3.51. The zero-order valence-electron chi connectivity index (χ0n) is 10.4. The number of hydrogen-bond acceptors (Lipinski definition) is 2. The number of rotatable bonds is 2. The quantitative estimate of drug-likeness (QED) is 0.739. The van der Waals surface area contributed by atoms with Crippen LogP contribution >= 0.6 is 27.5 Å². The van der Waals surface area contributed by atoms with Crippen LogP contribution in [-0.4, -0.2) is 9.78 Å². The first kappa shape index (κ1) is 13.2. The van der Waals surface area contributed by atoms with Gasteiger partial charge in [0, 0.05) is 16.1 Å². The molecule has 0 saturated heterocycles. The lowest BCUT2D eigenvalue weighted by atomic mass is 10.1. The third kappa shape index (κ3) is 2.32. The van der Waals surface area contributed by atoms with Crippen LogP contribution in [0.3, 0.4) is 0 Å². The number of nitrogens with two attached hydrogens (primary N) is 1. The lowest BCUT2D eigenvalue weighted by Gasteiger charge is -2.04. The molecule has 0 fully saturated rings. The third-order valence-electron chi connectivity index (χ3n) is 2.97. The first-order chi connectivity index (χ1) is 9.66. The molecule has 0 atom stereocenters. The predicted molar refractivity (Wildman–Crippen MR) is 86.1 cm³/mol. The summed E-state index contributed by atoms with van der Waals surface area (Å²) in [7, 11) is 0. The van der Waals surface area contributed by atoms with E-state index >= 15 is 0 Å². The van der Waals surface area contributed by atoms with Gasteiger partial charge in [0.15, 0.2) is 0 Å². The molecule has 0 aliphatic rings. The van der Waals surface area contributed by atoms with Crippen molar-refractivity contribution >= 4 is 33.3 Å². The van der Waals surface area contributed by atoms with E-state index < -0.39 is 0 Å². The maximum atomic E-state index is 6.30. The van der Waals surface area contributed by atoms with E-state index in [0.717, 1.165) is 21.4 Å². The third-order valence-corrected chi connectivity index (χ3v) is 4.26. The average Bonchev–Trinajstić information content (AvgIpc) is 2.85. The zero-order chi connectivity index (χ0) is 14.1. The van der Waals surface area contributed by atoms with Crippen LogP contribution in [0.5, 0.6) is 0 Å². The minimum Gasteiger partial charge on any atom is -0.384 e. The molecule has 2 aromatic carbocycles. The molecule has 0 saturated carbocycles. The van der Waals surface area contributed by atoms with Crippen molar-refractivity contribution in [3.63, 3.8) is 0 Å². The summed E-state index contributed by atoms with van der Waals surface area (Å²) in [5, 5.41) is 5.17. The van der Waals surface area contributed by atoms with Crippen molar-refractivity contribution in [2.75, 3.05) is 5.73 Å². The van der Waals surface area contributed by atoms with Crippen molar-refractivity contribution in [2.45, 2.75) is 0 Å². The lowest BCUT2D eigenvalue weighted by Crippen LogP contribution is -2.01. The molecule has 20 heavy (non-hydrogen) atoms. The molecule has 0 bridgehead atoms. The largest absolute Gasteiger partial charge is 0.384 e. The standard InChI is InChI=1S/C15H11BrClN3/c16-12-8-4-7-11(15(12)17)13-9-14(18)20(19-13)10-5-2-1-3-6-10/h1-9H,18H2. The molecule has 0 unspecified atom stereocenters. The van der Waals surface area contributed by atoms with Crippen molar-refractivity contribution in [3.8, 4) is 16.9 Å². The fourth-order valence-corrected chi connectivity index (χ4v) is 2.59. The molecule has 3 aromatic rings. The van der Waals surface area contributed by atoms with Gasteiger partial charge in [-0.15, -0.1) is 0 Å². The van der Waals surface area contributed by atoms with Crippen LogP contribution in [0.4, 0.5) is 5.82 Å². The van der Waals surface area contributed by atoms with Crippen LogP contribution in [-0.2, 0) is 0 Å². The Bertz CT molecular complexity index is 753. The summed E-state index contributed by atoms with van der Waals surface area (Å²) in [5.74, 6) is 0.572. The van der Waals surface area contributed by atoms with Crippen LogP contribution in [0.15, 0.2) is 59.1 Å². The van der Waals surface area contributed by atoms with Gasteiger partial charge in [0.25, 0.3) is 0 Å². The highest BCUT2D eigenvalue weighted by atomic mass is 79.9. The Morgan fingerprint density at radius 2 is 1.80 bits per heavy atom. The van der Waals surface area contributed by atoms with Crippen LogP contribution < -0.4 is 5.73 Å². The molecule has 0 radical (unpaired) electrons. The molecule has 100 valence electrons. The minimum absolute atomic E-state index is 0.572. The second-order valence-corrected chi connectivity index (χ2v) is 5.54. The zero-order valence-corrected chi connectivity index (χ0v) is 12.8.